The number of hydrogen-bond donors (Lipinski definition) is 1. The van der Waals surface area contributed by atoms with Crippen LogP contribution in [0, 0.1) is 0 Å². The van der Waals surface area contributed by atoms with Crippen LogP contribution < -0.4 is 0 Å². The van der Waals surface area contributed by atoms with Gasteiger partial charge in [-0.2, -0.15) is 0 Å². The van der Waals surface area contributed by atoms with Crippen LogP contribution in [0.15, 0.2) is 24.3 Å². The van der Waals surface area contributed by atoms with Gasteiger partial charge in [-0.05, 0) is 18.1 Å². The second-order valence-electron chi connectivity index (χ2n) is 4.58. The van der Waals surface area contributed by atoms with E-state index < -0.39 is 11.5 Å². The molecule has 1 aliphatic heterocycles. The summed E-state index contributed by atoms with van der Waals surface area (Å²) < 4.78 is 5.43. The Balaban J connectivity index is 2.65. The Morgan fingerprint density at radius 3 is 2.68 bits per heavy atom. The van der Waals surface area contributed by atoms with Crippen molar-refractivity contribution in [3.8, 4) is 0 Å². The lowest BCUT2D eigenvalue weighted by Crippen LogP contribution is -2.58. The highest BCUT2D eigenvalue weighted by molar-refractivity contribution is 5.88. The number of carboxylic acids is 1. The summed E-state index contributed by atoms with van der Waals surface area (Å²) in [6.45, 7) is 3.82. The molecular formula is C14H17NO4. The summed E-state index contributed by atoms with van der Waals surface area (Å²) in [6, 6.07) is 7.22. The first-order valence-electron chi connectivity index (χ1n) is 6.21. The molecule has 5 heteroatoms. The molecule has 1 unspecified atom stereocenters. The number of nitrogens with zero attached hydrogens (tertiary/aromatic N) is 1. The standard InChI is InChI=1S/C14H17NO4/c1-3-15(10(2)16)14(13(17)18)9-19-8-11-6-4-5-7-12(11)14/h4-7H,3,8-9H2,1-2H3,(H,17,18). The number of fused-ring (bicyclic) bond motifs is 1. The zero-order valence-electron chi connectivity index (χ0n) is 11.0. The number of likely N-dealkylation sites (N-methyl/N-ethyl adjacent to an activating group) is 1. The van der Waals surface area contributed by atoms with Gasteiger partial charge in [-0.1, -0.05) is 24.3 Å². The molecule has 0 saturated carbocycles. The fourth-order valence-electron chi connectivity index (χ4n) is 2.71. The molecule has 0 spiro atoms. The molecule has 0 bridgehead atoms. The highest BCUT2D eigenvalue weighted by atomic mass is 16.5. The van der Waals surface area contributed by atoms with Crippen LogP contribution in [0.2, 0.25) is 0 Å². The number of ether oxygens (including phenoxy) is 1. The summed E-state index contributed by atoms with van der Waals surface area (Å²) in [5.41, 5.74) is 0.0387. The van der Waals surface area contributed by atoms with Crippen molar-refractivity contribution in [3.63, 3.8) is 0 Å². The number of carboxylic acid groups (broad SMARTS) is 1. The predicted octanol–water partition coefficient (Wildman–Crippen LogP) is 1.37. The number of amides is 1. The maximum absolute atomic E-state index is 11.9. The van der Waals surface area contributed by atoms with Gasteiger partial charge in [0.1, 0.15) is 0 Å². The molecule has 0 aliphatic carbocycles. The van der Waals surface area contributed by atoms with E-state index >= 15 is 0 Å². The molecule has 102 valence electrons. The molecule has 19 heavy (non-hydrogen) atoms. The SMILES string of the molecule is CCN(C(C)=O)C1(C(=O)O)COCc2ccccc21. The fourth-order valence-corrected chi connectivity index (χ4v) is 2.71. The van der Waals surface area contributed by atoms with Crippen molar-refractivity contribution < 1.29 is 19.4 Å². The molecule has 5 nitrogen and oxygen atoms in total. The number of hydrogen-bond acceptors (Lipinski definition) is 3. The first-order chi connectivity index (χ1) is 9.04. The van der Waals surface area contributed by atoms with Gasteiger partial charge >= 0.3 is 5.97 Å². The van der Waals surface area contributed by atoms with Gasteiger partial charge in [0, 0.05) is 13.5 Å². The van der Waals surface area contributed by atoms with Gasteiger partial charge in [0.2, 0.25) is 5.91 Å². The summed E-state index contributed by atoms with van der Waals surface area (Å²) >= 11 is 0. The maximum atomic E-state index is 11.9. The summed E-state index contributed by atoms with van der Waals surface area (Å²) in [5, 5.41) is 9.71. The van der Waals surface area contributed by atoms with Crippen molar-refractivity contribution in [1.29, 1.82) is 0 Å². The largest absolute Gasteiger partial charge is 0.479 e. The fraction of sp³-hybridized carbons (Fsp3) is 0.429. The summed E-state index contributed by atoms with van der Waals surface area (Å²) in [4.78, 5) is 25.0. The van der Waals surface area contributed by atoms with E-state index in [-0.39, 0.29) is 12.5 Å². The molecule has 1 aromatic carbocycles. The topological polar surface area (TPSA) is 66.8 Å². The minimum Gasteiger partial charge on any atom is -0.479 e. The average molecular weight is 263 g/mol. The predicted molar refractivity (Wildman–Crippen MR) is 68.5 cm³/mol. The van der Waals surface area contributed by atoms with Gasteiger partial charge < -0.3 is 14.7 Å². The van der Waals surface area contributed by atoms with Crippen molar-refractivity contribution >= 4 is 11.9 Å². The quantitative estimate of drug-likeness (QED) is 0.894. The van der Waals surface area contributed by atoms with E-state index in [1.54, 1.807) is 19.1 Å². The number of aliphatic carboxylic acids is 1. The van der Waals surface area contributed by atoms with Gasteiger partial charge in [-0.3, -0.25) is 4.79 Å². The van der Waals surface area contributed by atoms with Crippen LogP contribution in [0.5, 0.6) is 0 Å². The molecule has 1 amide bonds. The van der Waals surface area contributed by atoms with Gasteiger partial charge in [0.15, 0.2) is 5.54 Å². The number of carbonyl (C=O) groups excluding carboxylic acids is 1. The highest BCUT2D eigenvalue weighted by Gasteiger charge is 2.50. The van der Waals surface area contributed by atoms with Crippen molar-refractivity contribution in [2.24, 2.45) is 0 Å². The number of carbonyl (C=O) groups is 2. The zero-order valence-corrected chi connectivity index (χ0v) is 11.0. The molecule has 1 N–H and O–H groups in total. The third-order valence-electron chi connectivity index (χ3n) is 3.54. The first-order valence-corrected chi connectivity index (χ1v) is 6.21. The Bertz CT molecular complexity index is 514. The van der Waals surface area contributed by atoms with Gasteiger partial charge in [-0.15, -0.1) is 0 Å². The summed E-state index contributed by atoms with van der Waals surface area (Å²) in [6.07, 6.45) is 0. The van der Waals surface area contributed by atoms with Crippen LogP contribution >= 0.6 is 0 Å². The van der Waals surface area contributed by atoms with Crippen LogP contribution in [0.1, 0.15) is 25.0 Å². The van der Waals surface area contributed by atoms with Crippen LogP contribution in [-0.4, -0.2) is 35.0 Å². The van der Waals surface area contributed by atoms with E-state index in [0.717, 1.165) is 5.56 Å². The molecular weight excluding hydrogens is 246 g/mol. The van der Waals surface area contributed by atoms with E-state index in [9.17, 15) is 14.7 Å². The Hall–Kier alpha value is -1.88. The zero-order chi connectivity index (χ0) is 14.0. The third-order valence-corrected chi connectivity index (χ3v) is 3.54. The van der Waals surface area contributed by atoms with E-state index in [4.69, 9.17) is 4.74 Å². The minimum absolute atomic E-state index is 0.0211. The molecule has 1 heterocycles. The lowest BCUT2D eigenvalue weighted by atomic mass is 9.83. The molecule has 1 aliphatic rings. The van der Waals surface area contributed by atoms with E-state index in [0.29, 0.717) is 18.7 Å². The van der Waals surface area contributed by atoms with E-state index in [1.165, 1.54) is 11.8 Å². The lowest BCUT2D eigenvalue weighted by Gasteiger charge is -2.43. The molecule has 0 saturated heterocycles. The van der Waals surface area contributed by atoms with Crippen molar-refractivity contribution in [3.05, 3.63) is 35.4 Å². The second kappa shape index (κ2) is 5.01. The van der Waals surface area contributed by atoms with E-state index in [2.05, 4.69) is 0 Å². The number of benzene rings is 1. The van der Waals surface area contributed by atoms with Crippen molar-refractivity contribution in [1.82, 2.24) is 4.90 Å². The molecule has 0 radical (unpaired) electrons. The normalized spacial score (nSPS) is 21.6. The highest BCUT2D eigenvalue weighted by Crippen LogP contribution is 2.36. The van der Waals surface area contributed by atoms with Crippen LogP contribution in [0.4, 0.5) is 0 Å². The Labute approximate surface area is 111 Å². The van der Waals surface area contributed by atoms with Gasteiger partial charge in [-0.25, -0.2) is 4.79 Å². The minimum atomic E-state index is -1.42. The monoisotopic (exact) mass is 263 g/mol. The Kier molecular flexibility index (Phi) is 3.57. The van der Waals surface area contributed by atoms with E-state index in [1.807, 2.05) is 12.1 Å². The maximum Gasteiger partial charge on any atom is 0.336 e. The molecule has 2 rings (SSSR count). The Morgan fingerprint density at radius 2 is 2.11 bits per heavy atom. The molecule has 0 fully saturated rings. The van der Waals surface area contributed by atoms with Crippen LogP contribution in [0.3, 0.4) is 0 Å². The molecule has 1 aromatic rings. The smallest absolute Gasteiger partial charge is 0.336 e. The average Bonchev–Trinajstić information content (AvgIpc) is 2.39. The van der Waals surface area contributed by atoms with Crippen molar-refractivity contribution in [2.45, 2.75) is 26.0 Å². The van der Waals surface area contributed by atoms with Gasteiger partial charge in [0.05, 0.1) is 13.2 Å². The first kappa shape index (κ1) is 13.5. The van der Waals surface area contributed by atoms with Crippen LogP contribution in [-0.2, 0) is 26.5 Å². The lowest BCUT2D eigenvalue weighted by molar-refractivity contribution is -0.167. The molecule has 1 atom stereocenters. The van der Waals surface area contributed by atoms with Crippen molar-refractivity contribution in [2.75, 3.05) is 13.2 Å². The summed E-state index contributed by atoms with van der Waals surface area (Å²) in [5.74, 6) is -1.33. The second-order valence-corrected chi connectivity index (χ2v) is 4.58. The summed E-state index contributed by atoms with van der Waals surface area (Å²) in [7, 11) is 0. The molecule has 0 aromatic heterocycles. The van der Waals surface area contributed by atoms with Gasteiger partial charge in [0.25, 0.3) is 0 Å². The number of rotatable bonds is 3. The van der Waals surface area contributed by atoms with Crippen LogP contribution in [0.25, 0.3) is 0 Å². The Morgan fingerprint density at radius 1 is 1.42 bits per heavy atom. The third kappa shape index (κ3) is 2.00.